The van der Waals surface area contributed by atoms with Crippen LogP contribution in [0.2, 0.25) is 0 Å². The molecule has 0 heterocycles. The van der Waals surface area contributed by atoms with E-state index in [0.717, 1.165) is 0 Å². The van der Waals surface area contributed by atoms with Gasteiger partial charge in [-0.15, -0.1) is 0 Å². The molecule has 7 heteroatoms. The number of hydrogen-bond acceptors (Lipinski definition) is 1. The third-order valence-corrected chi connectivity index (χ3v) is 2.28. The fraction of sp³-hybridized carbons (Fsp3) is 0.500. The minimum atomic E-state index is -4.87. The highest BCUT2D eigenvalue weighted by Crippen LogP contribution is 2.36. The lowest BCUT2D eigenvalue weighted by molar-refractivity contribution is -0.143. The molecule has 1 nitrogen and oxygen atoms in total. The van der Waals surface area contributed by atoms with Crippen LogP contribution in [0.15, 0.2) is 18.2 Å². The van der Waals surface area contributed by atoms with Gasteiger partial charge in [-0.3, -0.25) is 0 Å². The zero-order valence-electron chi connectivity index (χ0n) is 10.2. The molecule has 0 radical (unpaired) electrons. The lowest BCUT2D eigenvalue weighted by Gasteiger charge is -2.19. The van der Waals surface area contributed by atoms with Gasteiger partial charge in [0.05, 0.1) is 16.7 Å². The van der Waals surface area contributed by atoms with Crippen LogP contribution in [0.3, 0.4) is 0 Å². The minimum absolute atomic E-state index is 0.0634. The largest absolute Gasteiger partial charge is 0.416 e. The van der Waals surface area contributed by atoms with Gasteiger partial charge in [0.25, 0.3) is 0 Å². The zero-order valence-corrected chi connectivity index (χ0v) is 10.2. The van der Waals surface area contributed by atoms with E-state index in [1.807, 2.05) is 0 Å². The molecule has 1 aromatic carbocycles. The molecule has 0 fully saturated rings. The Morgan fingerprint density at radius 1 is 0.842 bits per heavy atom. The Hall–Kier alpha value is -1.24. The third-order valence-electron chi connectivity index (χ3n) is 2.28. The molecular formula is C12H12F6O. The SMILES string of the molecule is CC(C)(O)Cc1cc(C(F)(F)F)cc(C(F)(F)F)c1. The summed E-state index contributed by atoms with van der Waals surface area (Å²) in [7, 11) is 0. The molecule has 108 valence electrons. The minimum Gasteiger partial charge on any atom is -0.390 e. The molecule has 0 aliphatic carbocycles. The average molecular weight is 286 g/mol. The lowest BCUT2D eigenvalue weighted by Crippen LogP contribution is -2.23. The standard InChI is InChI=1S/C12H12F6O/c1-10(2,19)6-7-3-8(11(13,14)15)5-9(4-7)12(16,17)18/h3-5,19H,6H2,1-2H3. The molecule has 0 amide bonds. The maximum absolute atomic E-state index is 12.5. The van der Waals surface area contributed by atoms with Gasteiger partial charge in [-0.25, -0.2) is 0 Å². The predicted molar refractivity (Wildman–Crippen MR) is 56.4 cm³/mol. The summed E-state index contributed by atoms with van der Waals surface area (Å²) in [6, 6.07) is 1.30. The monoisotopic (exact) mass is 286 g/mol. The molecule has 0 bridgehead atoms. The van der Waals surface area contributed by atoms with Crippen LogP contribution in [0.25, 0.3) is 0 Å². The molecule has 0 aliphatic rings. The Labute approximate surface area is 105 Å². The van der Waals surface area contributed by atoms with Gasteiger partial charge in [0.15, 0.2) is 0 Å². The Bertz CT molecular complexity index is 421. The van der Waals surface area contributed by atoms with Gasteiger partial charge in [-0.2, -0.15) is 26.3 Å². The maximum atomic E-state index is 12.5. The molecule has 0 aliphatic heterocycles. The number of benzene rings is 1. The first-order valence-electron chi connectivity index (χ1n) is 5.30. The van der Waals surface area contributed by atoms with Gasteiger partial charge in [0.1, 0.15) is 0 Å². The van der Waals surface area contributed by atoms with Crippen molar-refractivity contribution in [2.24, 2.45) is 0 Å². The molecule has 1 rings (SSSR count). The van der Waals surface area contributed by atoms with Gasteiger partial charge < -0.3 is 5.11 Å². The van der Waals surface area contributed by atoms with Gasteiger partial charge in [-0.05, 0) is 37.6 Å². The quantitative estimate of drug-likeness (QED) is 0.814. The second kappa shape index (κ2) is 4.70. The lowest BCUT2D eigenvalue weighted by atomic mass is 9.95. The Balaban J connectivity index is 3.33. The van der Waals surface area contributed by atoms with Gasteiger partial charge in [0, 0.05) is 6.42 Å². The van der Waals surface area contributed by atoms with Crippen LogP contribution in [-0.2, 0) is 18.8 Å². The molecule has 1 N–H and O–H groups in total. The second-order valence-corrected chi connectivity index (χ2v) is 4.90. The number of halogens is 6. The van der Waals surface area contributed by atoms with Crippen LogP contribution in [0.4, 0.5) is 26.3 Å². The zero-order chi connectivity index (χ0) is 15.1. The number of aliphatic hydroxyl groups is 1. The molecule has 0 unspecified atom stereocenters. The summed E-state index contributed by atoms with van der Waals surface area (Å²) in [5, 5.41) is 9.50. The van der Waals surface area contributed by atoms with Crippen LogP contribution in [-0.4, -0.2) is 10.7 Å². The van der Waals surface area contributed by atoms with Crippen LogP contribution < -0.4 is 0 Å². The molecule has 0 atom stereocenters. The van der Waals surface area contributed by atoms with Crippen LogP contribution >= 0.6 is 0 Å². The van der Waals surface area contributed by atoms with Crippen molar-refractivity contribution in [2.45, 2.75) is 38.2 Å². The summed E-state index contributed by atoms with van der Waals surface area (Å²) in [6.07, 6.45) is -10.0. The highest BCUT2D eigenvalue weighted by Gasteiger charge is 2.37. The van der Waals surface area contributed by atoms with Crippen molar-refractivity contribution in [1.29, 1.82) is 0 Å². The summed E-state index contributed by atoms with van der Waals surface area (Å²) in [4.78, 5) is 0. The van der Waals surface area contributed by atoms with E-state index >= 15 is 0 Å². The van der Waals surface area contributed by atoms with Crippen molar-refractivity contribution in [2.75, 3.05) is 0 Å². The fourth-order valence-electron chi connectivity index (χ4n) is 1.62. The van der Waals surface area contributed by atoms with E-state index in [-0.39, 0.29) is 18.1 Å². The number of hydrogen-bond donors (Lipinski definition) is 1. The van der Waals surface area contributed by atoms with Crippen molar-refractivity contribution in [3.63, 3.8) is 0 Å². The van der Waals surface area contributed by atoms with Crippen LogP contribution in [0.5, 0.6) is 0 Å². The molecule has 0 spiro atoms. The van der Waals surface area contributed by atoms with E-state index in [4.69, 9.17) is 0 Å². The van der Waals surface area contributed by atoms with Crippen molar-refractivity contribution in [1.82, 2.24) is 0 Å². The van der Waals surface area contributed by atoms with E-state index in [1.54, 1.807) is 0 Å². The maximum Gasteiger partial charge on any atom is 0.416 e. The Kier molecular flexibility index (Phi) is 3.91. The summed E-state index contributed by atoms with van der Waals surface area (Å²) < 4.78 is 75.2. The van der Waals surface area contributed by atoms with Crippen molar-refractivity contribution < 1.29 is 31.4 Å². The highest BCUT2D eigenvalue weighted by molar-refractivity contribution is 5.34. The van der Waals surface area contributed by atoms with Gasteiger partial charge in [0.2, 0.25) is 0 Å². The fourth-order valence-corrected chi connectivity index (χ4v) is 1.62. The van der Waals surface area contributed by atoms with Crippen LogP contribution in [0, 0.1) is 0 Å². The molecule has 0 saturated heterocycles. The van der Waals surface area contributed by atoms with E-state index in [1.165, 1.54) is 13.8 Å². The normalized spacial score (nSPS) is 13.7. The van der Waals surface area contributed by atoms with Crippen molar-refractivity contribution in [3.8, 4) is 0 Å². The summed E-state index contributed by atoms with van der Waals surface area (Å²) in [6.45, 7) is 2.61. The van der Waals surface area contributed by atoms with Crippen molar-refractivity contribution >= 4 is 0 Å². The molecule has 0 aromatic heterocycles. The Morgan fingerprint density at radius 2 is 1.21 bits per heavy atom. The third kappa shape index (κ3) is 4.74. The van der Waals surface area contributed by atoms with Gasteiger partial charge in [-0.1, -0.05) is 0 Å². The second-order valence-electron chi connectivity index (χ2n) is 4.90. The molecule has 1 aromatic rings. The van der Waals surface area contributed by atoms with Crippen LogP contribution in [0.1, 0.15) is 30.5 Å². The smallest absolute Gasteiger partial charge is 0.390 e. The predicted octanol–water partition coefficient (Wildman–Crippen LogP) is 4.04. The van der Waals surface area contributed by atoms with E-state index in [9.17, 15) is 31.4 Å². The average Bonchev–Trinajstić information content (AvgIpc) is 2.11. The summed E-state index contributed by atoms with van der Waals surface area (Å²) >= 11 is 0. The summed E-state index contributed by atoms with van der Waals surface area (Å²) in [5.74, 6) is 0. The number of rotatable bonds is 2. The molecule has 19 heavy (non-hydrogen) atoms. The summed E-state index contributed by atoms with van der Waals surface area (Å²) in [5.41, 5.74) is -4.36. The molecule has 0 saturated carbocycles. The van der Waals surface area contributed by atoms with E-state index < -0.39 is 29.1 Å². The first-order valence-corrected chi connectivity index (χ1v) is 5.30. The van der Waals surface area contributed by atoms with Crippen molar-refractivity contribution in [3.05, 3.63) is 34.9 Å². The highest BCUT2D eigenvalue weighted by atomic mass is 19.4. The first kappa shape index (κ1) is 15.8. The Morgan fingerprint density at radius 3 is 1.47 bits per heavy atom. The van der Waals surface area contributed by atoms with E-state index in [0.29, 0.717) is 12.1 Å². The number of alkyl halides is 6. The molecular weight excluding hydrogens is 274 g/mol. The van der Waals surface area contributed by atoms with E-state index in [2.05, 4.69) is 0 Å². The topological polar surface area (TPSA) is 20.2 Å². The van der Waals surface area contributed by atoms with Gasteiger partial charge >= 0.3 is 12.4 Å². The first-order chi connectivity index (χ1) is 8.29.